The molecule has 0 spiro atoms. The van der Waals surface area contributed by atoms with Crippen LogP contribution in [0.25, 0.3) is 16.9 Å². The second-order valence-corrected chi connectivity index (χ2v) is 8.14. The number of benzene rings is 3. The van der Waals surface area contributed by atoms with Gasteiger partial charge in [0.1, 0.15) is 5.82 Å². The van der Waals surface area contributed by atoms with E-state index >= 15 is 0 Å². The number of halogens is 1. The van der Waals surface area contributed by atoms with E-state index in [1.54, 1.807) is 18.2 Å². The number of aromatic nitrogens is 3. The first kappa shape index (κ1) is 21.5. The highest BCUT2D eigenvalue weighted by atomic mass is 19.1. The second-order valence-electron chi connectivity index (χ2n) is 8.14. The van der Waals surface area contributed by atoms with Gasteiger partial charge in [-0.3, -0.25) is 9.20 Å². The van der Waals surface area contributed by atoms with Crippen molar-refractivity contribution in [1.29, 1.82) is 0 Å². The summed E-state index contributed by atoms with van der Waals surface area (Å²) >= 11 is 0. The van der Waals surface area contributed by atoms with E-state index in [0.29, 0.717) is 29.0 Å². The number of nitrogens with zero attached hydrogens (tertiary/aromatic N) is 3. The van der Waals surface area contributed by atoms with Crippen molar-refractivity contribution in [1.82, 2.24) is 14.4 Å². The van der Waals surface area contributed by atoms with Gasteiger partial charge in [-0.1, -0.05) is 78.9 Å². The van der Waals surface area contributed by atoms with E-state index in [1.165, 1.54) is 6.07 Å². The summed E-state index contributed by atoms with van der Waals surface area (Å²) in [5.74, 6) is -1.31. The molecule has 0 aliphatic carbocycles. The standard InChI is InChI=1S/C28H22FN3O2/c29-22-14-8-7-13-21(22)16-23-26(17-27(33)34)32-18-25(20-11-5-2-6-12-20)30-24(28(32)31-23)15-19-9-3-1-4-10-19/h1-14,18H,15-17H2,(H,33,34). The molecule has 0 saturated heterocycles. The van der Waals surface area contributed by atoms with Crippen LogP contribution in [-0.2, 0) is 24.1 Å². The number of hydrogen-bond donors (Lipinski definition) is 1. The summed E-state index contributed by atoms with van der Waals surface area (Å²) in [4.78, 5) is 21.5. The monoisotopic (exact) mass is 451 g/mol. The van der Waals surface area contributed by atoms with Gasteiger partial charge in [0.05, 0.1) is 29.2 Å². The summed E-state index contributed by atoms with van der Waals surface area (Å²) in [6.45, 7) is 0. The lowest BCUT2D eigenvalue weighted by atomic mass is 10.1. The molecule has 5 rings (SSSR count). The molecular weight excluding hydrogens is 429 g/mol. The Morgan fingerprint density at radius 3 is 2.21 bits per heavy atom. The highest BCUT2D eigenvalue weighted by Crippen LogP contribution is 2.26. The molecule has 0 amide bonds. The molecule has 168 valence electrons. The molecule has 3 aromatic carbocycles. The number of carboxylic acid groups (broad SMARTS) is 1. The molecule has 34 heavy (non-hydrogen) atoms. The third-order valence-electron chi connectivity index (χ3n) is 5.78. The molecule has 0 bridgehead atoms. The van der Waals surface area contributed by atoms with Crippen LogP contribution < -0.4 is 0 Å². The van der Waals surface area contributed by atoms with Crippen LogP contribution in [0, 0.1) is 5.82 Å². The SMILES string of the molecule is O=C(O)Cc1c(Cc2ccccc2F)nc2c(Cc3ccccc3)nc(-c3ccccc3)cn12. The zero-order valence-electron chi connectivity index (χ0n) is 18.4. The Kier molecular flexibility index (Phi) is 5.87. The number of hydrogen-bond acceptors (Lipinski definition) is 3. The summed E-state index contributed by atoms with van der Waals surface area (Å²) in [6.07, 6.45) is 2.33. The van der Waals surface area contributed by atoms with Gasteiger partial charge in [0.15, 0.2) is 5.65 Å². The van der Waals surface area contributed by atoms with Gasteiger partial charge >= 0.3 is 5.97 Å². The van der Waals surface area contributed by atoms with Crippen molar-refractivity contribution in [3.63, 3.8) is 0 Å². The highest BCUT2D eigenvalue weighted by Gasteiger charge is 2.21. The Hall–Kier alpha value is -4.32. The first-order valence-electron chi connectivity index (χ1n) is 11.0. The van der Waals surface area contributed by atoms with E-state index in [4.69, 9.17) is 9.97 Å². The van der Waals surface area contributed by atoms with Crippen molar-refractivity contribution in [3.05, 3.63) is 125 Å². The summed E-state index contributed by atoms with van der Waals surface area (Å²) < 4.78 is 16.2. The minimum atomic E-state index is -0.973. The lowest BCUT2D eigenvalue weighted by molar-refractivity contribution is -0.136. The molecule has 0 aliphatic rings. The van der Waals surface area contributed by atoms with Gasteiger partial charge in [-0.15, -0.1) is 0 Å². The topological polar surface area (TPSA) is 67.5 Å². The highest BCUT2D eigenvalue weighted by molar-refractivity contribution is 5.71. The molecule has 0 unspecified atom stereocenters. The molecule has 5 nitrogen and oxygen atoms in total. The summed E-state index contributed by atoms with van der Waals surface area (Å²) in [7, 11) is 0. The molecular formula is C28H22FN3O2. The summed E-state index contributed by atoms with van der Waals surface area (Å²) in [6, 6.07) is 26.2. The van der Waals surface area contributed by atoms with E-state index in [1.807, 2.05) is 71.3 Å². The Labute approximate surface area is 196 Å². The molecule has 2 aromatic heterocycles. The minimum Gasteiger partial charge on any atom is -0.481 e. The first-order valence-corrected chi connectivity index (χ1v) is 11.0. The van der Waals surface area contributed by atoms with Crippen LogP contribution in [0.3, 0.4) is 0 Å². The molecule has 0 aliphatic heterocycles. The number of rotatable bonds is 7. The van der Waals surface area contributed by atoms with Crippen LogP contribution in [0.15, 0.2) is 91.1 Å². The molecule has 0 radical (unpaired) electrons. The smallest absolute Gasteiger partial charge is 0.309 e. The van der Waals surface area contributed by atoms with Gasteiger partial charge < -0.3 is 5.11 Å². The van der Waals surface area contributed by atoms with Crippen LogP contribution in [0.5, 0.6) is 0 Å². The minimum absolute atomic E-state index is 0.197. The molecule has 0 saturated carbocycles. The Balaban J connectivity index is 1.72. The maximum atomic E-state index is 14.4. The fourth-order valence-corrected chi connectivity index (χ4v) is 4.15. The zero-order valence-corrected chi connectivity index (χ0v) is 18.4. The van der Waals surface area contributed by atoms with Crippen LogP contribution in [0.2, 0.25) is 0 Å². The molecule has 5 aromatic rings. The van der Waals surface area contributed by atoms with Gasteiger partial charge in [-0.2, -0.15) is 0 Å². The average molecular weight is 452 g/mol. The van der Waals surface area contributed by atoms with Crippen LogP contribution in [0.4, 0.5) is 4.39 Å². The molecule has 2 heterocycles. The second kappa shape index (κ2) is 9.27. The van der Waals surface area contributed by atoms with Crippen LogP contribution in [-0.4, -0.2) is 25.4 Å². The quantitative estimate of drug-likeness (QED) is 0.363. The van der Waals surface area contributed by atoms with Crippen LogP contribution >= 0.6 is 0 Å². The van der Waals surface area contributed by atoms with Gasteiger partial charge in [0, 0.05) is 24.6 Å². The fourth-order valence-electron chi connectivity index (χ4n) is 4.15. The predicted molar refractivity (Wildman–Crippen MR) is 128 cm³/mol. The van der Waals surface area contributed by atoms with E-state index in [-0.39, 0.29) is 18.7 Å². The van der Waals surface area contributed by atoms with Gasteiger partial charge in [-0.05, 0) is 17.2 Å². The predicted octanol–water partition coefficient (Wildman–Crippen LogP) is 5.34. The van der Waals surface area contributed by atoms with Crippen molar-refractivity contribution in [2.45, 2.75) is 19.3 Å². The average Bonchev–Trinajstić information content (AvgIpc) is 3.18. The fraction of sp³-hybridized carbons (Fsp3) is 0.107. The third-order valence-corrected chi connectivity index (χ3v) is 5.78. The van der Waals surface area contributed by atoms with Crippen molar-refractivity contribution >= 4 is 11.6 Å². The zero-order chi connectivity index (χ0) is 23.5. The molecule has 0 fully saturated rings. The number of aliphatic carboxylic acids is 1. The summed E-state index contributed by atoms with van der Waals surface area (Å²) in [5, 5.41) is 9.65. The van der Waals surface area contributed by atoms with E-state index < -0.39 is 5.97 Å². The Morgan fingerprint density at radius 2 is 1.50 bits per heavy atom. The van der Waals surface area contributed by atoms with E-state index in [9.17, 15) is 14.3 Å². The number of carbonyl (C=O) groups is 1. The van der Waals surface area contributed by atoms with Gasteiger partial charge in [0.2, 0.25) is 0 Å². The lowest BCUT2D eigenvalue weighted by Gasteiger charge is -2.10. The van der Waals surface area contributed by atoms with Crippen LogP contribution in [0.1, 0.15) is 28.2 Å². The van der Waals surface area contributed by atoms with Crippen molar-refractivity contribution in [2.75, 3.05) is 0 Å². The number of carboxylic acids is 1. The molecule has 1 N–H and O–H groups in total. The number of fused-ring (bicyclic) bond motifs is 1. The maximum absolute atomic E-state index is 14.4. The number of imidazole rings is 1. The van der Waals surface area contributed by atoms with Gasteiger partial charge in [0.25, 0.3) is 0 Å². The third kappa shape index (κ3) is 4.43. The van der Waals surface area contributed by atoms with E-state index in [2.05, 4.69) is 0 Å². The Morgan fingerprint density at radius 1 is 0.824 bits per heavy atom. The first-order chi connectivity index (χ1) is 16.6. The molecule has 0 atom stereocenters. The van der Waals surface area contributed by atoms with Crippen molar-refractivity contribution in [3.8, 4) is 11.3 Å². The maximum Gasteiger partial charge on any atom is 0.309 e. The Bertz CT molecular complexity index is 1460. The lowest BCUT2D eigenvalue weighted by Crippen LogP contribution is -2.08. The van der Waals surface area contributed by atoms with E-state index in [0.717, 1.165) is 22.5 Å². The van der Waals surface area contributed by atoms with Crippen molar-refractivity contribution in [2.24, 2.45) is 0 Å². The largest absolute Gasteiger partial charge is 0.481 e. The summed E-state index contributed by atoms with van der Waals surface area (Å²) in [5.41, 5.74) is 5.57. The van der Waals surface area contributed by atoms with Gasteiger partial charge in [-0.25, -0.2) is 14.4 Å². The van der Waals surface area contributed by atoms with Crippen molar-refractivity contribution < 1.29 is 14.3 Å². The normalized spacial score (nSPS) is 11.1. The molecule has 6 heteroatoms.